The Morgan fingerprint density at radius 3 is 2.20 bits per heavy atom. The van der Waals surface area contributed by atoms with Gasteiger partial charge in [0.2, 0.25) is 0 Å². The fourth-order valence-electron chi connectivity index (χ4n) is 2.88. The van der Waals surface area contributed by atoms with Gasteiger partial charge in [0.05, 0.1) is 6.61 Å². The highest BCUT2D eigenvalue weighted by Crippen LogP contribution is 2.26. The Labute approximate surface area is 123 Å². The predicted molar refractivity (Wildman–Crippen MR) is 85.4 cm³/mol. The lowest BCUT2D eigenvalue weighted by molar-refractivity contribution is 0.209. The monoisotopic (exact) mass is 276 g/mol. The molecule has 1 saturated heterocycles. The SMILES string of the molecule is CC(C)c1ccc(N2CCN(C(C)C)CC2)c(CO)c1. The van der Waals surface area contributed by atoms with Crippen LogP contribution in [0, 0.1) is 0 Å². The van der Waals surface area contributed by atoms with Crippen LogP contribution < -0.4 is 4.90 Å². The second kappa shape index (κ2) is 6.59. The highest BCUT2D eigenvalue weighted by molar-refractivity contribution is 5.55. The molecule has 0 amide bonds. The second-order valence-corrected chi connectivity index (χ2v) is 6.32. The number of aliphatic hydroxyl groups is 1. The van der Waals surface area contributed by atoms with E-state index < -0.39 is 0 Å². The normalized spacial score (nSPS) is 17.2. The molecule has 1 heterocycles. The summed E-state index contributed by atoms with van der Waals surface area (Å²) in [6, 6.07) is 7.17. The summed E-state index contributed by atoms with van der Waals surface area (Å²) in [5.74, 6) is 0.507. The zero-order valence-electron chi connectivity index (χ0n) is 13.3. The molecule has 1 fully saturated rings. The Hall–Kier alpha value is -1.06. The van der Waals surface area contributed by atoms with Crippen LogP contribution in [0.5, 0.6) is 0 Å². The molecule has 0 atom stereocenters. The quantitative estimate of drug-likeness (QED) is 0.916. The van der Waals surface area contributed by atoms with Crippen LogP contribution in [0.3, 0.4) is 0 Å². The van der Waals surface area contributed by atoms with E-state index in [0.717, 1.165) is 31.7 Å². The summed E-state index contributed by atoms with van der Waals surface area (Å²) in [6.45, 7) is 13.3. The molecule has 0 radical (unpaired) electrons. The lowest BCUT2D eigenvalue weighted by Gasteiger charge is -2.39. The molecule has 3 heteroatoms. The molecule has 1 aliphatic heterocycles. The van der Waals surface area contributed by atoms with Gasteiger partial charge in [-0.3, -0.25) is 4.90 Å². The minimum atomic E-state index is 0.125. The van der Waals surface area contributed by atoms with Crippen molar-refractivity contribution < 1.29 is 5.11 Å². The summed E-state index contributed by atoms with van der Waals surface area (Å²) < 4.78 is 0. The highest BCUT2D eigenvalue weighted by Gasteiger charge is 2.20. The van der Waals surface area contributed by atoms with Crippen LogP contribution in [-0.2, 0) is 6.61 Å². The van der Waals surface area contributed by atoms with Gasteiger partial charge in [0.1, 0.15) is 0 Å². The molecule has 0 bridgehead atoms. The lowest BCUT2D eigenvalue weighted by atomic mass is 9.99. The number of piperazine rings is 1. The summed E-state index contributed by atoms with van der Waals surface area (Å²) in [5.41, 5.74) is 3.58. The average molecular weight is 276 g/mol. The smallest absolute Gasteiger partial charge is 0.0702 e. The number of nitrogens with zero attached hydrogens (tertiary/aromatic N) is 2. The summed E-state index contributed by atoms with van der Waals surface area (Å²) in [7, 11) is 0. The first kappa shape index (κ1) is 15.3. The van der Waals surface area contributed by atoms with Gasteiger partial charge >= 0.3 is 0 Å². The van der Waals surface area contributed by atoms with Crippen LogP contribution >= 0.6 is 0 Å². The van der Waals surface area contributed by atoms with Gasteiger partial charge in [-0.25, -0.2) is 0 Å². The molecule has 0 aliphatic carbocycles. The molecule has 20 heavy (non-hydrogen) atoms. The van der Waals surface area contributed by atoms with Crippen molar-refractivity contribution in [1.82, 2.24) is 4.90 Å². The summed E-state index contributed by atoms with van der Waals surface area (Å²) in [4.78, 5) is 4.92. The Morgan fingerprint density at radius 1 is 1.05 bits per heavy atom. The Morgan fingerprint density at radius 2 is 1.70 bits per heavy atom. The van der Waals surface area contributed by atoms with Crippen molar-refractivity contribution in [3.63, 3.8) is 0 Å². The molecule has 1 N–H and O–H groups in total. The number of aliphatic hydroxyl groups excluding tert-OH is 1. The maximum atomic E-state index is 9.66. The number of hydrogen-bond acceptors (Lipinski definition) is 3. The van der Waals surface area contributed by atoms with Gasteiger partial charge in [0.25, 0.3) is 0 Å². The number of anilines is 1. The van der Waals surface area contributed by atoms with Crippen molar-refractivity contribution >= 4 is 5.69 Å². The number of benzene rings is 1. The van der Waals surface area contributed by atoms with Gasteiger partial charge in [0.15, 0.2) is 0 Å². The minimum absolute atomic E-state index is 0.125. The number of rotatable bonds is 4. The molecule has 1 aromatic carbocycles. The summed E-state index contributed by atoms with van der Waals surface area (Å²) in [5, 5.41) is 9.66. The third kappa shape index (κ3) is 3.33. The zero-order chi connectivity index (χ0) is 14.7. The molecule has 0 spiro atoms. The average Bonchev–Trinajstić information content (AvgIpc) is 2.46. The Bertz CT molecular complexity index is 435. The highest BCUT2D eigenvalue weighted by atomic mass is 16.3. The molecule has 0 saturated carbocycles. The summed E-state index contributed by atoms with van der Waals surface area (Å²) in [6.07, 6.45) is 0. The van der Waals surface area contributed by atoms with Crippen molar-refractivity contribution in [2.75, 3.05) is 31.1 Å². The first-order valence-electron chi connectivity index (χ1n) is 7.75. The van der Waals surface area contributed by atoms with Gasteiger partial charge in [-0.05, 0) is 31.4 Å². The van der Waals surface area contributed by atoms with Crippen molar-refractivity contribution in [3.8, 4) is 0 Å². The van der Waals surface area contributed by atoms with E-state index in [2.05, 4.69) is 55.7 Å². The van der Waals surface area contributed by atoms with E-state index in [1.165, 1.54) is 11.3 Å². The summed E-state index contributed by atoms with van der Waals surface area (Å²) >= 11 is 0. The topological polar surface area (TPSA) is 26.7 Å². The molecular formula is C17H28N2O. The van der Waals surface area contributed by atoms with Gasteiger partial charge in [-0.2, -0.15) is 0 Å². The van der Waals surface area contributed by atoms with E-state index >= 15 is 0 Å². The van der Waals surface area contributed by atoms with Crippen molar-refractivity contribution in [1.29, 1.82) is 0 Å². The van der Waals surface area contributed by atoms with Crippen molar-refractivity contribution in [2.24, 2.45) is 0 Å². The fourth-order valence-corrected chi connectivity index (χ4v) is 2.88. The molecule has 112 valence electrons. The van der Waals surface area contributed by atoms with E-state index in [1.54, 1.807) is 0 Å². The maximum absolute atomic E-state index is 9.66. The first-order chi connectivity index (χ1) is 9.52. The molecule has 0 aromatic heterocycles. The van der Waals surface area contributed by atoms with Crippen LogP contribution in [0.4, 0.5) is 5.69 Å². The van der Waals surface area contributed by atoms with Gasteiger partial charge in [0, 0.05) is 43.5 Å². The third-order valence-corrected chi connectivity index (χ3v) is 4.33. The van der Waals surface area contributed by atoms with Crippen molar-refractivity contribution in [2.45, 2.75) is 46.3 Å². The zero-order valence-corrected chi connectivity index (χ0v) is 13.3. The van der Waals surface area contributed by atoms with Crippen LogP contribution in [0.15, 0.2) is 18.2 Å². The molecule has 3 nitrogen and oxygen atoms in total. The van der Waals surface area contributed by atoms with E-state index in [9.17, 15) is 5.11 Å². The molecule has 0 unspecified atom stereocenters. The minimum Gasteiger partial charge on any atom is -0.392 e. The van der Waals surface area contributed by atoms with Crippen molar-refractivity contribution in [3.05, 3.63) is 29.3 Å². The third-order valence-electron chi connectivity index (χ3n) is 4.33. The lowest BCUT2D eigenvalue weighted by Crippen LogP contribution is -2.49. The van der Waals surface area contributed by atoms with E-state index in [-0.39, 0.29) is 6.61 Å². The largest absolute Gasteiger partial charge is 0.392 e. The van der Waals surface area contributed by atoms with E-state index in [4.69, 9.17) is 0 Å². The first-order valence-corrected chi connectivity index (χ1v) is 7.75. The van der Waals surface area contributed by atoms with Gasteiger partial charge in [-0.15, -0.1) is 0 Å². The van der Waals surface area contributed by atoms with Crippen LogP contribution in [0.2, 0.25) is 0 Å². The maximum Gasteiger partial charge on any atom is 0.0702 e. The van der Waals surface area contributed by atoms with Crippen LogP contribution in [-0.4, -0.2) is 42.2 Å². The molecule has 1 aromatic rings. The second-order valence-electron chi connectivity index (χ2n) is 6.32. The van der Waals surface area contributed by atoms with Crippen LogP contribution in [0.25, 0.3) is 0 Å². The van der Waals surface area contributed by atoms with E-state index in [0.29, 0.717) is 12.0 Å². The Kier molecular flexibility index (Phi) is 5.06. The standard InChI is InChI=1S/C17H28N2O/c1-13(2)15-5-6-17(16(11-15)12-20)19-9-7-18(8-10-19)14(3)4/h5-6,11,13-14,20H,7-10,12H2,1-4H3. The fraction of sp³-hybridized carbons (Fsp3) is 0.647. The molecule has 2 rings (SSSR count). The molecule has 1 aliphatic rings. The Balaban J connectivity index is 2.13. The predicted octanol–water partition coefficient (Wildman–Crippen LogP) is 2.83. The van der Waals surface area contributed by atoms with Gasteiger partial charge < -0.3 is 10.0 Å². The van der Waals surface area contributed by atoms with Gasteiger partial charge in [-0.1, -0.05) is 26.0 Å². The van der Waals surface area contributed by atoms with Crippen LogP contribution in [0.1, 0.15) is 44.7 Å². The van der Waals surface area contributed by atoms with E-state index in [1.807, 2.05) is 0 Å². The molecular weight excluding hydrogens is 248 g/mol. The number of hydrogen-bond donors (Lipinski definition) is 1.